The summed E-state index contributed by atoms with van der Waals surface area (Å²) in [6.07, 6.45) is 2.08. The van der Waals surface area contributed by atoms with Crippen LogP contribution in [0.25, 0.3) is 0 Å². The monoisotopic (exact) mass is 353 g/mol. The Labute approximate surface area is 142 Å². The zero-order valence-corrected chi connectivity index (χ0v) is 14.6. The topological polar surface area (TPSA) is 79.0 Å². The van der Waals surface area contributed by atoms with Gasteiger partial charge in [-0.05, 0) is 44.0 Å². The van der Waals surface area contributed by atoms with Gasteiger partial charge in [0.25, 0.3) is 0 Å². The Bertz CT molecular complexity index is 678. The standard InChI is InChI=1S/C16H23N3O4S/c1-2-23-14-5-7-15(8-6-14)24(21,22)19-11-9-18(10-12-19)16(20)17-13-3-4-13/h5-8,13H,2-4,9-12H2,1H3,(H,17,20). The van der Waals surface area contributed by atoms with Crippen molar-refractivity contribution < 1.29 is 17.9 Å². The minimum absolute atomic E-state index is 0.0874. The molecule has 2 aliphatic rings. The number of hydrogen-bond donors (Lipinski definition) is 1. The van der Waals surface area contributed by atoms with Crippen molar-refractivity contribution in [3.63, 3.8) is 0 Å². The Morgan fingerprint density at radius 3 is 2.33 bits per heavy atom. The highest BCUT2D eigenvalue weighted by molar-refractivity contribution is 7.89. The van der Waals surface area contributed by atoms with Gasteiger partial charge < -0.3 is 15.0 Å². The minimum atomic E-state index is -3.53. The van der Waals surface area contributed by atoms with Crippen LogP contribution in [-0.4, -0.2) is 62.5 Å². The summed E-state index contributed by atoms with van der Waals surface area (Å²) in [6.45, 7) is 3.87. The van der Waals surface area contributed by atoms with Crippen LogP contribution in [0.1, 0.15) is 19.8 Å². The molecule has 1 aromatic carbocycles. The van der Waals surface area contributed by atoms with Gasteiger partial charge in [0.2, 0.25) is 10.0 Å². The van der Waals surface area contributed by atoms with E-state index in [1.54, 1.807) is 29.2 Å². The van der Waals surface area contributed by atoms with Crippen LogP contribution in [0.4, 0.5) is 4.79 Å². The van der Waals surface area contributed by atoms with Gasteiger partial charge in [-0.15, -0.1) is 0 Å². The van der Waals surface area contributed by atoms with Crippen molar-refractivity contribution in [3.05, 3.63) is 24.3 Å². The largest absolute Gasteiger partial charge is 0.494 e. The number of hydrogen-bond acceptors (Lipinski definition) is 4. The zero-order valence-electron chi connectivity index (χ0n) is 13.8. The molecule has 1 heterocycles. The summed E-state index contributed by atoms with van der Waals surface area (Å²) in [5.41, 5.74) is 0. The fourth-order valence-electron chi connectivity index (χ4n) is 2.65. The highest BCUT2D eigenvalue weighted by Gasteiger charge is 2.32. The summed E-state index contributed by atoms with van der Waals surface area (Å²) in [4.78, 5) is 13.9. The van der Waals surface area contributed by atoms with E-state index >= 15 is 0 Å². The number of sulfonamides is 1. The van der Waals surface area contributed by atoms with Crippen LogP contribution in [0, 0.1) is 0 Å². The molecule has 0 radical (unpaired) electrons. The van der Waals surface area contributed by atoms with E-state index < -0.39 is 10.0 Å². The van der Waals surface area contributed by atoms with Crippen LogP contribution in [0.5, 0.6) is 5.75 Å². The summed E-state index contributed by atoms with van der Waals surface area (Å²) in [7, 11) is -3.53. The SMILES string of the molecule is CCOc1ccc(S(=O)(=O)N2CCN(C(=O)NC3CC3)CC2)cc1. The van der Waals surface area contributed by atoms with Gasteiger partial charge in [0.05, 0.1) is 11.5 Å². The maximum atomic E-state index is 12.7. The fourth-order valence-corrected chi connectivity index (χ4v) is 4.07. The van der Waals surface area contributed by atoms with Crippen LogP contribution in [0.2, 0.25) is 0 Å². The van der Waals surface area contributed by atoms with E-state index in [1.165, 1.54) is 4.31 Å². The maximum absolute atomic E-state index is 12.7. The van der Waals surface area contributed by atoms with Crippen LogP contribution in [-0.2, 0) is 10.0 Å². The molecule has 0 bridgehead atoms. The molecule has 24 heavy (non-hydrogen) atoms. The van der Waals surface area contributed by atoms with E-state index in [0.717, 1.165) is 12.8 Å². The number of rotatable bonds is 5. The first-order chi connectivity index (χ1) is 11.5. The zero-order chi connectivity index (χ0) is 17.2. The summed E-state index contributed by atoms with van der Waals surface area (Å²) in [5, 5.41) is 2.93. The number of ether oxygens (including phenoxy) is 1. The highest BCUT2D eigenvalue weighted by atomic mass is 32.2. The third kappa shape index (κ3) is 3.81. The molecular formula is C16H23N3O4S. The van der Waals surface area contributed by atoms with Crippen molar-refractivity contribution >= 4 is 16.1 Å². The fraction of sp³-hybridized carbons (Fsp3) is 0.562. The summed E-state index contributed by atoms with van der Waals surface area (Å²) in [6, 6.07) is 6.67. The molecule has 7 nitrogen and oxygen atoms in total. The summed E-state index contributed by atoms with van der Waals surface area (Å²) < 4.78 is 32.1. The van der Waals surface area contributed by atoms with Crippen molar-refractivity contribution in [3.8, 4) is 5.75 Å². The van der Waals surface area contributed by atoms with Gasteiger partial charge in [-0.2, -0.15) is 4.31 Å². The molecule has 0 spiro atoms. The predicted molar refractivity (Wildman–Crippen MR) is 89.5 cm³/mol. The average Bonchev–Trinajstić information content (AvgIpc) is 3.40. The smallest absolute Gasteiger partial charge is 0.317 e. The third-order valence-electron chi connectivity index (χ3n) is 4.20. The van der Waals surface area contributed by atoms with Gasteiger partial charge in [-0.1, -0.05) is 0 Å². The van der Waals surface area contributed by atoms with Crippen LogP contribution < -0.4 is 10.1 Å². The number of amides is 2. The van der Waals surface area contributed by atoms with Gasteiger partial charge in [0.15, 0.2) is 0 Å². The molecule has 1 aromatic rings. The molecule has 2 amide bonds. The molecule has 1 aliphatic heterocycles. The van der Waals surface area contributed by atoms with E-state index in [0.29, 0.717) is 44.6 Å². The maximum Gasteiger partial charge on any atom is 0.317 e. The van der Waals surface area contributed by atoms with E-state index in [-0.39, 0.29) is 10.9 Å². The molecule has 0 atom stereocenters. The molecule has 1 saturated carbocycles. The average molecular weight is 353 g/mol. The Balaban J connectivity index is 1.60. The molecule has 1 saturated heterocycles. The first-order valence-corrected chi connectivity index (χ1v) is 9.73. The lowest BCUT2D eigenvalue weighted by Gasteiger charge is -2.34. The molecule has 1 N–H and O–H groups in total. The molecule has 0 aromatic heterocycles. The number of carbonyl (C=O) groups is 1. The molecular weight excluding hydrogens is 330 g/mol. The molecule has 1 aliphatic carbocycles. The van der Waals surface area contributed by atoms with Gasteiger partial charge >= 0.3 is 6.03 Å². The quantitative estimate of drug-likeness (QED) is 0.864. The van der Waals surface area contributed by atoms with Crippen molar-refractivity contribution in [1.82, 2.24) is 14.5 Å². The van der Waals surface area contributed by atoms with Crippen molar-refractivity contribution in [1.29, 1.82) is 0 Å². The molecule has 3 rings (SSSR count). The Morgan fingerprint density at radius 2 is 1.79 bits per heavy atom. The second kappa shape index (κ2) is 6.98. The summed E-state index contributed by atoms with van der Waals surface area (Å²) >= 11 is 0. The van der Waals surface area contributed by atoms with Gasteiger partial charge in [-0.3, -0.25) is 0 Å². The normalized spacial score (nSPS) is 19.1. The van der Waals surface area contributed by atoms with Gasteiger partial charge in [0, 0.05) is 32.2 Å². The van der Waals surface area contributed by atoms with Crippen LogP contribution in [0.3, 0.4) is 0 Å². The first kappa shape index (κ1) is 17.0. The van der Waals surface area contributed by atoms with Gasteiger partial charge in [-0.25, -0.2) is 13.2 Å². The number of piperazine rings is 1. The molecule has 0 unspecified atom stereocenters. The molecule has 132 valence electrons. The highest BCUT2D eigenvalue weighted by Crippen LogP contribution is 2.22. The van der Waals surface area contributed by atoms with Crippen LogP contribution in [0.15, 0.2) is 29.2 Å². The van der Waals surface area contributed by atoms with Crippen molar-refractivity contribution in [2.24, 2.45) is 0 Å². The van der Waals surface area contributed by atoms with E-state index in [4.69, 9.17) is 4.74 Å². The number of benzene rings is 1. The lowest BCUT2D eigenvalue weighted by molar-refractivity contribution is 0.172. The second-order valence-corrected chi connectivity index (χ2v) is 7.96. The van der Waals surface area contributed by atoms with Crippen molar-refractivity contribution in [2.45, 2.75) is 30.7 Å². The van der Waals surface area contributed by atoms with E-state index in [2.05, 4.69) is 5.32 Å². The Morgan fingerprint density at radius 1 is 1.17 bits per heavy atom. The second-order valence-electron chi connectivity index (χ2n) is 6.02. The van der Waals surface area contributed by atoms with Crippen molar-refractivity contribution in [2.75, 3.05) is 32.8 Å². The Kier molecular flexibility index (Phi) is 4.96. The number of carbonyl (C=O) groups excluding carboxylic acids is 1. The minimum Gasteiger partial charge on any atom is -0.494 e. The summed E-state index contributed by atoms with van der Waals surface area (Å²) in [5.74, 6) is 0.651. The molecule has 2 fully saturated rings. The molecule has 8 heteroatoms. The number of nitrogens with zero attached hydrogens (tertiary/aromatic N) is 2. The first-order valence-electron chi connectivity index (χ1n) is 8.29. The van der Waals surface area contributed by atoms with E-state index in [1.807, 2.05) is 6.92 Å². The third-order valence-corrected chi connectivity index (χ3v) is 6.12. The van der Waals surface area contributed by atoms with Crippen LogP contribution >= 0.6 is 0 Å². The number of urea groups is 1. The van der Waals surface area contributed by atoms with Gasteiger partial charge in [0.1, 0.15) is 5.75 Å². The predicted octanol–water partition coefficient (Wildman–Crippen LogP) is 1.26. The van der Waals surface area contributed by atoms with E-state index in [9.17, 15) is 13.2 Å². The lowest BCUT2D eigenvalue weighted by atomic mass is 10.3. The Hall–Kier alpha value is -1.80. The number of nitrogens with one attached hydrogen (secondary N) is 1. The lowest BCUT2D eigenvalue weighted by Crippen LogP contribution is -2.53.